The number of rotatable bonds is 4. The molecule has 0 aromatic carbocycles. The van der Waals surface area contributed by atoms with Crippen LogP contribution in [-0.2, 0) is 14.3 Å². The van der Waals surface area contributed by atoms with Crippen molar-refractivity contribution in [1.82, 2.24) is 4.90 Å². The molecule has 1 saturated heterocycles. The van der Waals surface area contributed by atoms with Crippen LogP contribution >= 0.6 is 0 Å². The fraction of sp³-hybridized carbons (Fsp3) is 0.692. The molecule has 0 spiro atoms. The van der Waals surface area contributed by atoms with Crippen molar-refractivity contribution >= 4 is 11.9 Å². The highest BCUT2D eigenvalue weighted by molar-refractivity contribution is 5.82. The Morgan fingerprint density at radius 2 is 2.11 bits per heavy atom. The molecule has 0 radical (unpaired) electrons. The minimum absolute atomic E-state index is 0.0992. The van der Waals surface area contributed by atoms with Gasteiger partial charge in [-0.15, -0.1) is 12.3 Å². The Hall–Kier alpha value is -1.54. The Labute approximate surface area is 108 Å². The molecule has 1 rings (SSSR count). The average Bonchev–Trinajstić information content (AvgIpc) is 2.38. The summed E-state index contributed by atoms with van der Waals surface area (Å²) in [4.78, 5) is 25.1. The van der Waals surface area contributed by atoms with Gasteiger partial charge < -0.3 is 15.4 Å². The van der Waals surface area contributed by atoms with E-state index in [1.165, 1.54) is 0 Å². The Balaban J connectivity index is 2.42. The lowest BCUT2D eigenvalue weighted by Crippen LogP contribution is -2.47. The van der Waals surface area contributed by atoms with Gasteiger partial charge >= 0.3 is 5.97 Å². The Morgan fingerprint density at radius 1 is 1.50 bits per heavy atom. The smallest absolute Gasteiger partial charge is 0.309 e. The number of nitrogens with zero attached hydrogens (tertiary/aromatic N) is 1. The van der Waals surface area contributed by atoms with Gasteiger partial charge in [-0.3, -0.25) is 9.59 Å². The molecule has 1 aliphatic heterocycles. The summed E-state index contributed by atoms with van der Waals surface area (Å²) in [5, 5.41) is 0. The summed E-state index contributed by atoms with van der Waals surface area (Å²) in [6.45, 7) is 3.27. The fourth-order valence-corrected chi connectivity index (χ4v) is 2.04. The number of carbonyl (C=O) groups is 2. The number of nitrogens with two attached hydrogens (primary N) is 1. The molecule has 0 bridgehead atoms. The molecule has 1 aliphatic rings. The van der Waals surface area contributed by atoms with Gasteiger partial charge in [0.25, 0.3) is 0 Å². The maximum Gasteiger partial charge on any atom is 0.309 e. The third-order valence-electron chi connectivity index (χ3n) is 3.08. The Morgan fingerprint density at radius 3 is 2.61 bits per heavy atom. The van der Waals surface area contributed by atoms with Gasteiger partial charge in [-0.1, -0.05) is 0 Å². The monoisotopic (exact) mass is 252 g/mol. The molecule has 1 heterocycles. The molecule has 2 N–H and O–H groups in total. The highest BCUT2D eigenvalue weighted by Gasteiger charge is 2.29. The molecule has 5 heteroatoms. The van der Waals surface area contributed by atoms with Crippen molar-refractivity contribution in [2.24, 2.45) is 11.7 Å². The predicted octanol–water partition coefficient (Wildman–Crippen LogP) is 0.139. The number of esters is 1. The third-order valence-corrected chi connectivity index (χ3v) is 3.08. The first kappa shape index (κ1) is 14.5. The first-order valence-corrected chi connectivity index (χ1v) is 6.24. The van der Waals surface area contributed by atoms with Crippen molar-refractivity contribution in [2.75, 3.05) is 19.7 Å². The molecule has 0 aromatic rings. The number of hydrogen-bond donors (Lipinski definition) is 1. The van der Waals surface area contributed by atoms with E-state index < -0.39 is 6.04 Å². The number of piperidine rings is 1. The van der Waals surface area contributed by atoms with Crippen molar-refractivity contribution < 1.29 is 14.3 Å². The molecule has 0 aliphatic carbocycles. The van der Waals surface area contributed by atoms with Crippen LogP contribution in [0, 0.1) is 18.3 Å². The predicted molar refractivity (Wildman–Crippen MR) is 67.4 cm³/mol. The van der Waals surface area contributed by atoms with E-state index in [1.54, 1.807) is 11.8 Å². The number of hydrogen-bond acceptors (Lipinski definition) is 4. The molecule has 1 atom stereocenters. The fourth-order valence-electron chi connectivity index (χ4n) is 2.04. The minimum Gasteiger partial charge on any atom is -0.466 e. The maximum atomic E-state index is 11.9. The van der Waals surface area contributed by atoms with Crippen LogP contribution in [0.1, 0.15) is 26.2 Å². The number of carbonyl (C=O) groups excluding carboxylic acids is 2. The molecular formula is C13H20N2O3. The van der Waals surface area contributed by atoms with E-state index in [0.29, 0.717) is 32.5 Å². The van der Waals surface area contributed by atoms with Crippen molar-refractivity contribution in [3.63, 3.8) is 0 Å². The molecule has 18 heavy (non-hydrogen) atoms. The summed E-state index contributed by atoms with van der Waals surface area (Å²) < 4.78 is 4.97. The summed E-state index contributed by atoms with van der Waals surface area (Å²) in [6.07, 6.45) is 6.64. The Bertz CT molecular complexity index is 341. The Kier molecular flexibility index (Phi) is 5.66. The first-order valence-electron chi connectivity index (χ1n) is 6.24. The zero-order valence-corrected chi connectivity index (χ0v) is 10.7. The van der Waals surface area contributed by atoms with Gasteiger partial charge in [0.05, 0.1) is 18.6 Å². The highest BCUT2D eigenvalue weighted by Crippen LogP contribution is 2.19. The number of amides is 1. The van der Waals surface area contributed by atoms with Crippen LogP contribution in [0.5, 0.6) is 0 Å². The normalized spacial score (nSPS) is 17.9. The van der Waals surface area contributed by atoms with Crippen molar-refractivity contribution in [1.29, 1.82) is 0 Å². The minimum atomic E-state index is -0.630. The van der Waals surface area contributed by atoms with Crippen LogP contribution in [0.2, 0.25) is 0 Å². The van der Waals surface area contributed by atoms with Gasteiger partial charge in [0.15, 0.2) is 0 Å². The molecule has 0 aromatic heterocycles. The second kappa shape index (κ2) is 7.02. The van der Waals surface area contributed by atoms with Crippen LogP contribution in [0.4, 0.5) is 0 Å². The van der Waals surface area contributed by atoms with E-state index >= 15 is 0 Å². The highest BCUT2D eigenvalue weighted by atomic mass is 16.5. The van der Waals surface area contributed by atoms with Gasteiger partial charge in [-0.05, 0) is 19.8 Å². The molecule has 5 nitrogen and oxygen atoms in total. The zero-order chi connectivity index (χ0) is 13.5. The van der Waals surface area contributed by atoms with E-state index in [-0.39, 0.29) is 24.2 Å². The average molecular weight is 252 g/mol. The first-order chi connectivity index (χ1) is 8.60. The van der Waals surface area contributed by atoms with E-state index in [0.717, 1.165) is 0 Å². The standard InChI is InChI=1S/C13H20N2O3/c1-3-5-11(14)12(16)15-8-6-10(7-9-15)13(17)18-4-2/h1,10-11H,4-9,14H2,2H3. The topological polar surface area (TPSA) is 72.6 Å². The largest absolute Gasteiger partial charge is 0.466 e. The molecule has 0 saturated carbocycles. The lowest BCUT2D eigenvalue weighted by molar-refractivity contribution is -0.151. The van der Waals surface area contributed by atoms with Crippen LogP contribution in [0.3, 0.4) is 0 Å². The van der Waals surface area contributed by atoms with Crippen LogP contribution in [0.15, 0.2) is 0 Å². The third kappa shape index (κ3) is 3.74. The molecule has 1 amide bonds. The van der Waals surface area contributed by atoms with Crippen molar-refractivity contribution in [3.05, 3.63) is 0 Å². The van der Waals surface area contributed by atoms with E-state index in [2.05, 4.69) is 5.92 Å². The lowest BCUT2D eigenvalue weighted by atomic mass is 9.96. The number of ether oxygens (including phenoxy) is 1. The lowest BCUT2D eigenvalue weighted by Gasteiger charge is -2.32. The molecule has 1 unspecified atom stereocenters. The number of likely N-dealkylation sites (tertiary alicyclic amines) is 1. The van der Waals surface area contributed by atoms with Gasteiger partial charge in [-0.25, -0.2) is 0 Å². The van der Waals surface area contributed by atoms with Crippen molar-refractivity contribution in [2.45, 2.75) is 32.2 Å². The van der Waals surface area contributed by atoms with Crippen LogP contribution < -0.4 is 5.73 Å². The summed E-state index contributed by atoms with van der Waals surface area (Å²) in [5.74, 6) is 1.99. The quantitative estimate of drug-likeness (QED) is 0.570. The number of terminal acetylenes is 1. The summed E-state index contributed by atoms with van der Waals surface area (Å²) in [7, 11) is 0. The van der Waals surface area contributed by atoms with Gasteiger partial charge in [0, 0.05) is 19.5 Å². The molecular weight excluding hydrogens is 232 g/mol. The SMILES string of the molecule is C#CCC(N)C(=O)N1CCC(C(=O)OCC)CC1. The second-order valence-corrected chi connectivity index (χ2v) is 4.37. The maximum absolute atomic E-state index is 11.9. The summed E-state index contributed by atoms with van der Waals surface area (Å²) in [5.41, 5.74) is 5.68. The molecule has 100 valence electrons. The van der Waals surface area contributed by atoms with Gasteiger partial charge in [-0.2, -0.15) is 0 Å². The van der Waals surface area contributed by atoms with Crippen LogP contribution in [-0.4, -0.2) is 42.5 Å². The zero-order valence-electron chi connectivity index (χ0n) is 10.7. The van der Waals surface area contributed by atoms with E-state index in [4.69, 9.17) is 16.9 Å². The van der Waals surface area contributed by atoms with E-state index in [1.807, 2.05) is 0 Å². The van der Waals surface area contributed by atoms with E-state index in [9.17, 15) is 9.59 Å². The summed E-state index contributed by atoms with van der Waals surface area (Å²) >= 11 is 0. The second-order valence-electron chi connectivity index (χ2n) is 4.37. The van der Waals surface area contributed by atoms with Crippen LogP contribution in [0.25, 0.3) is 0 Å². The van der Waals surface area contributed by atoms with Gasteiger partial charge in [0.2, 0.25) is 5.91 Å². The van der Waals surface area contributed by atoms with Crippen molar-refractivity contribution in [3.8, 4) is 12.3 Å². The van der Waals surface area contributed by atoms with Gasteiger partial charge in [0.1, 0.15) is 0 Å². The molecule has 1 fully saturated rings. The summed E-state index contributed by atoms with van der Waals surface area (Å²) in [6, 6.07) is -0.630.